The quantitative estimate of drug-likeness (QED) is 0.284. The molecule has 1 fully saturated rings. The summed E-state index contributed by atoms with van der Waals surface area (Å²) < 4.78 is 7.82. The summed E-state index contributed by atoms with van der Waals surface area (Å²) in [4.78, 5) is 20.0. The van der Waals surface area contributed by atoms with Crippen molar-refractivity contribution in [3.8, 4) is 0 Å². The van der Waals surface area contributed by atoms with E-state index in [4.69, 9.17) is 4.74 Å². The third-order valence-electron chi connectivity index (χ3n) is 5.07. The average molecular weight is 466 g/mol. The van der Waals surface area contributed by atoms with E-state index in [1.165, 1.54) is 42.7 Å². The number of carbonyl (C=O) groups excluding carboxylic acids is 1. The van der Waals surface area contributed by atoms with Gasteiger partial charge in [-0.1, -0.05) is 0 Å². The number of nitrogens with zero attached hydrogens (tertiary/aromatic N) is 2. The van der Waals surface area contributed by atoms with Crippen molar-refractivity contribution in [1.29, 1.82) is 0 Å². The van der Waals surface area contributed by atoms with Gasteiger partial charge in [0.05, 0.1) is 0 Å². The molecular weight excluding hydrogens is 439 g/mol. The number of hydrogen-bond donors (Lipinski definition) is 0. The van der Waals surface area contributed by atoms with Gasteiger partial charge in [-0.05, 0) is 0 Å². The Bertz CT molecular complexity index is 766. The molecule has 0 aromatic heterocycles. The van der Waals surface area contributed by atoms with Crippen LogP contribution in [0.2, 0.25) is 0 Å². The number of benzene rings is 1. The summed E-state index contributed by atoms with van der Waals surface area (Å²) in [5, 5.41) is 0. The van der Waals surface area contributed by atoms with E-state index in [9.17, 15) is 4.79 Å². The number of hydrogen-bond acceptors (Lipinski definition) is 4. The topological polar surface area (TPSA) is 41.9 Å². The fraction of sp³-hybridized carbons (Fsp3) is 0.524. The SMILES string of the molecule is CCI1C(=O)/C(=C\c2cc3c4c(c2)CCCN4CCC3)OC1=NC(C)C. The van der Waals surface area contributed by atoms with Crippen LogP contribution >= 0.6 is 19.8 Å². The zero-order valence-corrected chi connectivity index (χ0v) is 18.0. The molecule has 140 valence electrons. The molecule has 3 heterocycles. The van der Waals surface area contributed by atoms with Gasteiger partial charge in [0.1, 0.15) is 0 Å². The van der Waals surface area contributed by atoms with Crippen LogP contribution in [0.25, 0.3) is 6.08 Å². The van der Waals surface area contributed by atoms with Gasteiger partial charge in [-0.3, -0.25) is 0 Å². The van der Waals surface area contributed by atoms with Crippen LogP contribution in [0.4, 0.5) is 5.69 Å². The number of rotatable bonds is 3. The number of aliphatic imine (C=N–C) groups is 1. The van der Waals surface area contributed by atoms with E-state index in [1.54, 1.807) is 0 Å². The summed E-state index contributed by atoms with van der Waals surface area (Å²) in [6.07, 6.45) is 6.68. The normalized spacial score (nSPS) is 23.8. The van der Waals surface area contributed by atoms with E-state index in [0.29, 0.717) is 5.76 Å². The van der Waals surface area contributed by atoms with E-state index < -0.39 is 19.8 Å². The summed E-state index contributed by atoms with van der Waals surface area (Å²) in [5.74, 6) is 0.520. The fourth-order valence-corrected chi connectivity index (χ4v) is 8.11. The van der Waals surface area contributed by atoms with Crippen molar-refractivity contribution in [3.63, 3.8) is 0 Å². The fourth-order valence-electron chi connectivity index (χ4n) is 4.04. The van der Waals surface area contributed by atoms with E-state index >= 15 is 0 Å². The minimum atomic E-state index is -1.95. The Balaban J connectivity index is 1.70. The molecule has 0 unspecified atom stereocenters. The van der Waals surface area contributed by atoms with Gasteiger partial charge in [0.15, 0.2) is 0 Å². The second-order valence-electron chi connectivity index (χ2n) is 7.37. The molecule has 4 nitrogen and oxygen atoms in total. The summed E-state index contributed by atoms with van der Waals surface area (Å²) >= 11 is -1.95. The predicted molar refractivity (Wildman–Crippen MR) is 116 cm³/mol. The number of anilines is 1. The van der Waals surface area contributed by atoms with Crippen LogP contribution < -0.4 is 4.90 Å². The first-order valence-electron chi connectivity index (χ1n) is 9.65. The molecule has 1 saturated heterocycles. The zero-order chi connectivity index (χ0) is 18.3. The van der Waals surface area contributed by atoms with Gasteiger partial charge in [-0.15, -0.1) is 0 Å². The van der Waals surface area contributed by atoms with Crippen LogP contribution in [-0.4, -0.2) is 31.3 Å². The van der Waals surface area contributed by atoms with Crippen molar-refractivity contribution < 1.29 is 9.53 Å². The van der Waals surface area contributed by atoms with Gasteiger partial charge in [-0.25, -0.2) is 0 Å². The van der Waals surface area contributed by atoms with Gasteiger partial charge in [-0.2, -0.15) is 0 Å². The molecule has 0 spiro atoms. The maximum atomic E-state index is 12.8. The molecule has 0 radical (unpaired) electrons. The standard InChI is InChI=1S/C21H27IN2O2/c1-4-22-20(25)18(26-21(22)23-14(2)3)13-15-11-16-7-5-9-24-10-6-8-17(12-15)19(16)24/h11-14H,4-10H2,1-3H3/b18-13+,23-21?. The van der Waals surface area contributed by atoms with Crippen LogP contribution in [-0.2, 0) is 22.4 Å². The van der Waals surface area contributed by atoms with E-state index in [1.807, 2.05) is 19.9 Å². The summed E-state index contributed by atoms with van der Waals surface area (Å²) in [7, 11) is 0. The maximum absolute atomic E-state index is 12.8. The van der Waals surface area contributed by atoms with Crippen molar-refractivity contribution in [2.24, 2.45) is 4.99 Å². The van der Waals surface area contributed by atoms with Crippen molar-refractivity contribution >= 4 is 39.3 Å². The van der Waals surface area contributed by atoms with Gasteiger partial charge < -0.3 is 0 Å². The van der Waals surface area contributed by atoms with Crippen molar-refractivity contribution in [1.82, 2.24) is 0 Å². The first-order chi connectivity index (χ1) is 12.6. The van der Waals surface area contributed by atoms with Crippen LogP contribution in [0.3, 0.4) is 0 Å². The first-order valence-corrected chi connectivity index (χ1v) is 13.3. The monoisotopic (exact) mass is 466 g/mol. The third kappa shape index (κ3) is 3.30. The molecule has 0 N–H and O–H groups in total. The number of allylic oxidation sites excluding steroid dienone is 1. The van der Waals surface area contributed by atoms with E-state index in [-0.39, 0.29) is 9.83 Å². The first kappa shape index (κ1) is 18.0. The second kappa shape index (κ2) is 7.33. The van der Waals surface area contributed by atoms with Gasteiger partial charge in [0, 0.05) is 0 Å². The second-order valence-corrected chi connectivity index (χ2v) is 12.9. The molecular formula is C21H27IN2O2. The van der Waals surface area contributed by atoms with E-state index in [2.05, 4.69) is 28.9 Å². The molecule has 5 heteroatoms. The van der Waals surface area contributed by atoms with Crippen molar-refractivity contribution in [2.75, 3.05) is 22.4 Å². The Morgan fingerprint density at radius 1 is 1.23 bits per heavy atom. The molecule has 4 rings (SSSR count). The Labute approximate surface area is 163 Å². The van der Waals surface area contributed by atoms with Crippen LogP contribution in [0.5, 0.6) is 0 Å². The Kier molecular flexibility index (Phi) is 5.08. The Morgan fingerprint density at radius 3 is 2.46 bits per heavy atom. The number of alkyl halides is 1. The van der Waals surface area contributed by atoms with Gasteiger partial charge >= 0.3 is 163 Å². The van der Waals surface area contributed by atoms with Crippen molar-refractivity contribution in [3.05, 3.63) is 34.6 Å². The summed E-state index contributed by atoms with van der Waals surface area (Å²) in [6.45, 7) is 8.52. The molecule has 0 saturated carbocycles. The molecule has 0 amide bonds. The molecule has 1 aromatic carbocycles. The number of halogens is 1. The molecule has 3 aliphatic heterocycles. The van der Waals surface area contributed by atoms with Crippen molar-refractivity contribution in [2.45, 2.75) is 52.5 Å². The average Bonchev–Trinajstić information content (AvgIpc) is 2.89. The molecule has 26 heavy (non-hydrogen) atoms. The molecule has 1 aromatic rings. The summed E-state index contributed by atoms with van der Waals surface area (Å²) in [6, 6.07) is 4.70. The van der Waals surface area contributed by atoms with E-state index in [0.717, 1.165) is 26.7 Å². The summed E-state index contributed by atoms with van der Waals surface area (Å²) in [5.41, 5.74) is 5.45. The zero-order valence-electron chi connectivity index (χ0n) is 15.8. The predicted octanol–water partition coefficient (Wildman–Crippen LogP) is 4.57. The van der Waals surface area contributed by atoms with Crippen LogP contribution in [0.1, 0.15) is 50.3 Å². The number of carbonyl (C=O) groups is 1. The molecule has 0 atom stereocenters. The van der Waals surface area contributed by atoms with Gasteiger partial charge in [0.2, 0.25) is 0 Å². The van der Waals surface area contributed by atoms with Gasteiger partial charge in [0.25, 0.3) is 0 Å². The Hall–Kier alpha value is -1.37. The third-order valence-corrected chi connectivity index (χ3v) is 9.92. The number of aryl methyl sites for hydroxylation is 2. The molecule has 0 aliphatic carbocycles. The van der Waals surface area contributed by atoms with Crippen LogP contribution in [0, 0.1) is 0 Å². The Morgan fingerprint density at radius 2 is 1.88 bits per heavy atom. The number of ether oxygens (including phenoxy) is 1. The van der Waals surface area contributed by atoms with Crippen LogP contribution in [0.15, 0.2) is 22.9 Å². The molecule has 3 aliphatic rings. The minimum absolute atomic E-state index is 0.169. The molecule has 0 bridgehead atoms.